The molecule has 1 aliphatic heterocycles. The summed E-state index contributed by atoms with van der Waals surface area (Å²) in [5.41, 5.74) is 5.84. The van der Waals surface area contributed by atoms with E-state index in [-0.39, 0.29) is 5.91 Å². The number of fused-ring (bicyclic) bond motifs is 1. The Morgan fingerprint density at radius 3 is 2.59 bits per heavy atom. The van der Waals surface area contributed by atoms with Crippen LogP contribution in [0.4, 0.5) is 11.4 Å². The second kappa shape index (κ2) is 6.22. The first-order valence-corrected chi connectivity index (χ1v) is 7.84. The molecule has 0 saturated carbocycles. The Morgan fingerprint density at radius 1 is 1.09 bits per heavy atom. The minimum absolute atomic E-state index is 0.0850. The Bertz CT molecular complexity index is 673. The zero-order valence-corrected chi connectivity index (χ0v) is 13.2. The third-order valence-corrected chi connectivity index (χ3v) is 4.34. The summed E-state index contributed by atoms with van der Waals surface area (Å²) in [6, 6.07) is 14.5. The second-order valence-corrected chi connectivity index (χ2v) is 5.93. The number of carbonyl (C=O) groups excluding carboxylic acids is 1. The SMILES string of the molecule is Cc1cccc(C)c1NC(=O)CCN1CCc2ccccc21. The molecule has 1 N–H and O–H groups in total. The number of aryl methyl sites for hydroxylation is 2. The van der Waals surface area contributed by atoms with Gasteiger partial charge in [0.2, 0.25) is 5.91 Å². The van der Waals surface area contributed by atoms with Crippen LogP contribution in [0.3, 0.4) is 0 Å². The molecule has 2 aromatic carbocycles. The second-order valence-electron chi connectivity index (χ2n) is 5.93. The highest BCUT2D eigenvalue weighted by molar-refractivity contribution is 5.92. The quantitative estimate of drug-likeness (QED) is 0.932. The van der Waals surface area contributed by atoms with Crippen LogP contribution in [0.5, 0.6) is 0 Å². The number of amides is 1. The van der Waals surface area contributed by atoms with Crippen molar-refractivity contribution < 1.29 is 4.79 Å². The fourth-order valence-corrected chi connectivity index (χ4v) is 3.09. The van der Waals surface area contributed by atoms with Gasteiger partial charge in [-0.3, -0.25) is 4.79 Å². The fourth-order valence-electron chi connectivity index (χ4n) is 3.09. The molecule has 0 aliphatic carbocycles. The molecule has 3 heteroatoms. The maximum atomic E-state index is 12.2. The van der Waals surface area contributed by atoms with Crippen molar-refractivity contribution in [2.24, 2.45) is 0 Å². The van der Waals surface area contributed by atoms with Gasteiger partial charge in [0.05, 0.1) is 0 Å². The van der Waals surface area contributed by atoms with Crippen LogP contribution in [-0.2, 0) is 11.2 Å². The molecule has 0 bridgehead atoms. The van der Waals surface area contributed by atoms with Crippen LogP contribution in [0.15, 0.2) is 42.5 Å². The normalized spacial score (nSPS) is 13.1. The number of rotatable bonds is 4. The van der Waals surface area contributed by atoms with Gasteiger partial charge in [0.15, 0.2) is 0 Å². The predicted molar refractivity (Wildman–Crippen MR) is 91.5 cm³/mol. The number of carbonyl (C=O) groups is 1. The van der Waals surface area contributed by atoms with Crippen molar-refractivity contribution in [1.82, 2.24) is 0 Å². The minimum Gasteiger partial charge on any atom is -0.370 e. The number of hydrogen-bond acceptors (Lipinski definition) is 2. The topological polar surface area (TPSA) is 32.3 Å². The van der Waals surface area contributed by atoms with Gasteiger partial charge in [-0.2, -0.15) is 0 Å². The van der Waals surface area contributed by atoms with Crippen LogP contribution in [0, 0.1) is 13.8 Å². The average Bonchev–Trinajstić information content (AvgIpc) is 2.92. The van der Waals surface area contributed by atoms with Crippen LogP contribution in [0.1, 0.15) is 23.1 Å². The summed E-state index contributed by atoms with van der Waals surface area (Å²) in [6.07, 6.45) is 1.59. The van der Waals surface area contributed by atoms with E-state index in [4.69, 9.17) is 0 Å². The number of anilines is 2. The molecule has 1 heterocycles. The zero-order valence-electron chi connectivity index (χ0n) is 13.2. The smallest absolute Gasteiger partial charge is 0.226 e. The number of benzene rings is 2. The largest absolute Gasteiger partial charge is 0.370 e. The van der Waals surface area contributed by atoms with E-state index in [1.165, 1.54) is 11.3 Å². The highest BCUT2D eigenvalue weighted by Gasteiger charge is 2.18. The summed E-state index contributed by atoms with van der Waals surface area (Å²) in [4.78, 5) is 14.6. The number of nitrogens with one attached hydrogen (secondary N) is 1. The van der Waals surface area contributed by atoms with Crippen LogP contribution < -0.4 is 10.2 Å². The highest BCUT2D eigenvalue weighted by atomic mass is 16.1. The highest BCUT2D eigenvalue weighted by Crippen LogP contribution is 2.27. The molecule has 0 aromatic heterocycles. The van der Waals surface area contributed by atoms with Crippen molar-refractivity contribution >= 4 is 17.3 Å². The van der Waals surface area contributed by atoms with Crippen LogP contribution in [0.2, 0.25) is 0 Å². The van der Waals surface area contributed by atoms with E-state index in [1.807, 2.05) is 32.0 Å². The van der Waals surface area contributed by atoms with Gasteiger partial charge in [0.1, 0.15) is 0 Å². The Balaban J connectivity index is 1.60. The van der Waals surface area contributed by atoms with Gasteiger partial charge in [-0.15, -0.1) is 0 Å². The molecule has 22 heavy (non-hydrogen) atoms. The molecular formula is C19H22N2O. The van der Waals surface area contributed by atoms with E-state index in [1.54, 1.807) is 0 Å². The van der Waals surface area contributed by atoms with Crippen LogP contribution in [-0.4, -0.2) is 19.0 Å². The molecule has 3 nitrogen and oxygen atoms in total. The van der Waals surface area contributed by atoms with Crippen molar-refractivity contribution in [2.45, 2.75) is 26.7 Å². The van der Waals surface area contributed by atoms with E-state index in [0.29, 0.717) is 6.42 Å². The van der Waals surface area contributed by atoms with E-state index in [0.717, 1.165) is 36.3 Å². The van der Waals surface area contributed by atoms with Gasteiger partial charge in [-0.25, -0.2) is 0 Å². The zero-order chi connectivity index (χ0) is 15.5. The van der Waals surface area contributed by atoms with Crippen molar-refractivity contribution in [2.75, 3.05) is 23.3 Å². The Morgan fingerprint density at radius 2 is 1.82 bits per heavy atom. The van der Waals surface area contributed by atoms with E-state index in [2.05, 4.69) is 34.5 Å². The first-order chi connectivity index (χ1) is 10.6. The van der Waals surface area contributed by atoms with E-state index in [9.17, 15) is 4.79 Å². The van der Waals surface area contributed by atoms with Gasteiger partial charge in [-0.1, -0.05) is 36.4 Å². The first-order valence-electron chi connectivity index (χ1n) is 7.84. The van der Waals surface area contributed by atoms with Gasteiger partial charge < -0.3 is 10.2 Å². The lowest BCUT2D eigenvalue weighted by Gasteiger charge is -2.19. The Kier molecular flexibility index (Phi) is 4.14. The lowest BCUT2D eigenvalue weighted by molar-refractivity contribution is -0.116. The molecule has 0 spiro atoms. The number of nitrogens with zero attached hydrogens (tertiary/aromatic N) is 1. The molecule has 0 atom stereocenters. The Labute approximate surface area is 132 Å². The number of para-hydroxylation sites is 2. The summed E-state index contributed by atoms with van der Waals surface area (Å²) in [7, 11) is 0. The monoisotopic (exact) mass is 294 g/mol. The molecule has 3 rings (SSSR count). The molecule has 1 aliphatic rings. The lowest BCUT2D eigenvalue weighted by Crippen LogP contribution is -2.26. The summed E-state index contributed by atoms with van der Waals surface area (Å²) in [5.74, 6) is 0.0850. The van der Waals surface area contributed by atoms with Crippen molar-refractivity contribution in [3.05, 3.63) is 59.2 Å². The first kappa shape index (κ1) is 14.6. The molecule has 0 fully saturated rings. The third-order valence-electron chi connectivity index (χ3n) is 4.34. The minimum atomic E-state index is 0.0850. The maximum Gasteiger partial charge on any atom is 0.226 e. The summed E-state index contributed by atoms with van der Waals surface area (Å²) >= 11 is 0. The summed E-state index contributed by atoms with van der Waals surface area (Å²) in [6.45, 7) is 5.84. The van der Waals surface area contributed by atoms with Crippen molar-refractivity contribution in [3.8, 4) is 0 Å². The third kappa shape index (κ3) is 2.98. The predicted octanol–water partition coefficient (Wildman–Crippen LogP) is 3.69. The summed E-state index contributed by atoms with van der Waals surface area (Å²) in [5, 5.41) is 3.06. The molecular weight excluding hydrogens is 272 g/mol. The average molecular weight is 294 g/mol. The van der Waals surface area contributed by atoms with Crippen molar-refractivity contribution in [3.63, 3.8) is 0 Å². The number of hydrogen-bond donors (Lipinski definition) is 1. The molecule has 0 radical (unpaired) electrons. The Hall–Kier alpha value is -2.29. The molecule has 114 valence electrons. The van der Waals surface area contributed by atoms with Gasteiger partial charge in [0, 0.05) is 30.9 Å². The van der Waals surface area contributed by atoms with Gasteiger partial charge in [0.25, 0.3) is 0 Å². The summed E-state index contributed by atoms with van der Waals surface area (Å²) < 4.78 is 0. The lowest BCUT2D eigenvalue weighted by atomic mass is 10.1. The fraction of sp³-hybridized carbons (Fsp3) is 0.316. The molecule has 1 amide bonds. The van der Waals surface area contributed by atoms with Crippen LogP contribution >= 0.6 is 0 Å². The van der Waals surface area contributed by atoms with Crippen molar-refractivity contribution in [1.29, 1.82) is 0 Å². The molecule has 0 unspecified atom stereocenters. The molecule has 0 saturated heterocycles. The van der Waals surface area contributed by atoms with Crippen LogP contribution in [0.25, 0.3) is 0 Å². The van der Waals surface area contributed by atoms with E-state index >= 15 is 0 Å². The van der Waals surface area contributed by atoms with Gasteiger partial charge in [-0.05, 0) is 43.0 Å². The van der Waals surface area contributed by atoms with Gasteiger partial charge >= 0.3 is 0 Å². The maximum absolute atomic E-state index is 12.2. The van der Waals surface area contributed by atoms with E-state index < -0.39 is 0 Å². The standard InChI is InChI=1S/C19H22N2O/c1-14-6-5-7-15(2)19(14)20-18(22)11-13-21-12-10-16-8-3-4-9-17(16)21/h3-9H,10-13H2,1-2H3,(H,20,22). The molecule has 2 aromatic rings.